The molecule has 31 heavy (non-hydrogen) atoms. The Morgan fingerprint density at radius 2 is 1.71 bits per heavy atom. The van der Waals surface area contributed by atoms with Crippen molar-refractivity contribution in [3.8, 4) is 11.1 Å². The van der Waals surface area contributed by atoms with Crippen molar-refractivity contribution in [2.75, 3.05) is 13.2 Å². The predicted octanol–water partition coefficient (Wildman–Crippen LogP) is 3.54. The quantitative estimate of drug-likeness (QED) is 0.542. The molecule has 3 aromatic rings. The fourth-order valence-corrected chi connectivity index (χ4v) is 3.91. The zero-order chi connectivity index (χ0) is 21.8. The molecule has 0 fully saturated rings. The van der Waals surface area contributed by atoms with Gasteiger partial charge in [0.2, 0.25) is 0 Å². The second-order valence-corrected chi connectivity index (χ2v) is 7.45. The molecule has 0 saturated heterocycles. The van der Waals surface area contributed by atoms with E-state index in [1.807, 2.05) is 36.4 Å². The van der Waals surface area contributed by atoms with E-state index in [9.17, 15) is 19.4 Å². The van der Waals surface area contributed by atoms with Crippen molar-refractivity contribution in [3.05, 3.63) is 89.5 Å². The van der Waals surface area contributed by atoms with Gasteiger partial charge in [-0.15, -0.1) is 0 Å². The largest absolute Gasteiger partial charge is 0.449 e. The molecule has 1 heterocycles. The number of benzene rings is 2. The van der Waals surface area contributed by atoms with E-state index >= 15 is 0 Å². The van der Waals surface area contributed by atoms with Crippen LogP contribution in [0.15, 0.2) is 66.9 Å². The monoisotopic (exact) mass is 422 g/mol. The van der Waals surface area contributed by atoms with Gasteiger partial charge < -0.3 is 20.3 Å². The van der Waals surface area contributed by atoms with E-state index in [1.54, 1.807) is 0 Å². The summed E-state index contributed by atoms with van der Waals surface area (Å²) in [6.07, 6.45) is -1.88. The summed E-state index contributed by atoms with van der Waals surface area (Å²) in [4.78, 5) is 16.0. The number of carbonyl (C=O) groups excluding carboxylic acids is 1. The molecule has 0 aliphatic heterocycles. The number of fused-ring (bicyclic) bond motifs is 3. The maximum absolute atomic E-state index is 13.2. The fourth-order valence-electron chi connectivity index (χ4n) is 3.91. The average molecular weight is 422 g/mol. The first-order valence-corrected chi connectivity index (χ1v) is 10.1. The first kappa shape index (κ1) is 21.0. The summed E-state index contributed by atoms with van der Waals surface area (Å²) in [6.45, 7) is 0.280. The van der Waals surface area contributed by atoms with Crippen LogP contribution in [0.5, 0.6) is 0 Å². The molecule has 6 nitrogen and oxygen atoms in total. The summed E-state index contributed by atoms with van der Waals surface area (Å²) < 4.78 is 18.7. The van der Waals surface area contributed by atoms with Gasteiger partial charge in [-0.2, -0.15) is 0 Å². The minimum atomic E-state index is -1.35. The van der Waals surface area contributed by atoms with Crippen molar-refractivity contribution in [2.45, 2.75) is 24.5 Å². The number of halogens is 1. The molecule has 0 bridgehead atoms. The van der Waals surface area contributed by atoms with Gasteiger partial charge in [0.25, 0.3) is 0 Å². The van der Waals surface area contributed by atoms with Crippen LogP contribution in [0.1, 0.15) is 35.3 Å². The molecule has 0 radical (unpaired) electrons. The van der Waals surface area contributed by atoms with Crippen molar-refractivity contribution in [3.63, 3.8) is 0 Å². The number of aromatic nitrogens is 1. The van der Waals surface area contributed by atoms with Crippen LogP contribution >= 0.6 is 0 Å². The lowest BCUT2D eigenvalue weighted by atomic mass is 9.98. The highest BCUT2D eigenvalue weighted by atomic mass is 19.1. The molecule has 2 aromatic carbocycles. The van der Waals surface area contributed by atoms with E-state index < -0.39 is 24.1 Å². The number of nitrogens with zero attached hydrogens (tertiary/aromatic N) is 1. The molecule has 1 aliphatic carbocycles. The number of rotatable bonds is 7. The Morgan fingerprint density at radius 3 is 2.35 bits per heavy atom. The Balaban J connectivity index is 1.28. The van der Waals surface area contributed by atoms with E-state index in [0.29, 0.717) is 0 Å². The molecule has 160 valence electrons. The molecular weight excluding hydrogens is 399 g/mol. The number of alkyl carbamates (subject to hydrolysis) is 1. The van der Waals surface area contributed by atoms with Crippen LogP contribution in [0.4, 0.5) is 9.18 Å². The van der Waals surface area contributed by atoms with Crippen LogP contribution < -0.4 is 5.32 Å². The zero-order valence-corrected chi connectivity index (χ0v) is 16.7. The van der Waals surface area contributed by atoms with E-state index in [0.717, 1.165) is 34.4 Å². The van der Waals surface area contributed by atoms with E-state index in [-0.39, 0.29) is 31.2 Å². The summed E-state index contributed by atoms with van der Waals surface area (Å²) >= 11 is 0. The molecule has 0 spiro atoms. The highest BCUT2D eigenvalue weighted by Crippen LogP contribution is 2.44. The molecule has 1 amide bonds. The predicted molar refractivity (Wildman–Crippen MR) is 113 cm³/mol. The molecule has 2 atom stereocenters. The number of pyridine rings is 1. The van der Waals surface area contributed by atoms with Crippen LogP contribution in [0.2, 0.25) is 0 Å². The van der Waals surface area contributed by atoms with Crippen LogP contribution in [0.3, 0.4) is 0 Å². The van der Waals surface area contributed by atoms with Gasteiger partial charge >= 0.3 is 6.09 Å². The maximum atomic E-state index is 13.2. The smallest absolute Gasteiger partial charge is 0.407 e. The Labute approximate surface area is 179 Å². The Hall–Kier alpha value is -3.29. The Morgan fingerprint density at radius 1 is 1.06 bits per heavy atom. The second-order valence-electron chi connectivity index (χ2n) is 7.45. The van der Waals surface area contributed by atoms with Crippen molar-refractivity contribution >= 4 is 6.09 Å². The SMILES string of the molecule is O=C(NCCC(O)C(O)c1cc(F)ccn1)OCC1c2ccccc2-c2ccccc21. The molecule has 7 heteroatoms. The van der Waals surface area contributed by atoms with Gasteiger partial charge in [0, 0.05) is 18.7 Å². The zero-order valence-electron chi connectivity index (χ0n) is 16.7. The fraction of sp³-hybridized carbons (Fsp3) is 0.250. The Bertz CT molecular complexity index is 1030. The van der Waals surface area contributed by atoms with Crippen LogP contribution in [-0.2, 0) is 4.74 Å². The van der Waals surface area contributed by atoms with Gasteiger partial charge in [-0.05, 0) is 40.8 Å². The number of aliphatic hydroxyl groups excluding tert-OH is 2. The molecule has 4 rings (SSSR count). The van der Waals surface area contributed by atoms with Crippen molar-refractivity contribution in [1.29, 1.82) is 0 Å². The van der Waals surface area contributed by atoms with E-state index in [4.69, 9.17) is 4.74 Å². The summed E-state index contributed by atoms with van der Waals surface area (Å²) in [5.41, 5.74) is 4.58. The van der Waals surface area contributed by atoms with Crippen molar-refractivity contribution in [2.24, 2.45) is 0 Å². The van der Waals surface area contributed by atoms with Gasteiger partial charge in [-0.3, -0.25) is 4.98 Å². The molecule has 2 unspecified atom stereocenters. The first-order chi connectivity index (χ1) is 15.0. The normalized spacial score (nSPS) is 14.4. The van der Waals surface area contributed by atoms with Gasteiger partial charge in [0.05, 0.1) is 11.8 Å². The third kappa shape index (κ3) is 4.57. The summed E-state index contributed by atoms with van der Waals surface area (Å²) in [6, 6.07) is 18.3. The lowest BCUT2D eigenvalue weighted by Gasteiger charge is -2.18. The number of nitrogens with one attached hydrogen (secondary N) is 1. The van der Waals surface area contributed by atoms with Gasteiger partial charge in [0.1, 0.15) is 18.5 Å². The van der Waals surface area contributed by atoms with E-state index in [2.05, 4.69) is 22.4 Å². The van der Waals surface area contributed by atoms with Crippen LogP contribution in [0, 0.1) is 5.82 Å². The van der Waals surface area contributed by atoms with Crippen molar-refractivity contribution < 1.29 is 24.1 Å². The third-order valence-electron chi connectivity index (χ3n) is 5.46. The van der Waals surface area contributed by atoms with E-state index in [1.165, 1.54) is 6.20 Å². The molecular formula is C24H23FN2O4. The average Bonchev–Trinajstić information content (AvgIpc) is 3.11. The van der Waals surface area contributed by atoms with Gasteiger partial charge in [-0.1, -0.05) is 48.5 Å². The highest BCUT2D eigenvalue weighted by molar-refractivity contribution is 5.79. The van der Waals surface area contributed by atoms with Gasteiger partial charge in [0.15, 0.2) is 0 Å². The number of ether oxygens (including phenoxy) is 1. The molecule has 3 N–H and O–H groups in total. The summed E-state index contributed by atoms with van der Waals surface area (Å²) in [5.74, 6) is -0.586. The summed E-state index contributed by atoms with van der Waals surface area (Å²) in [7, 11) is 0. The number of carbonyl (C=O) groups is 1. The number of hydrogen-bond donors (Lipinski definition) is 3. The highest BCUT2D eigenvalue weighted by Gasteiger charge is 2.29. The molecule has 1 aliphatic rings. The molecule has 1 aromatic heterocycles. The number of hydrogen-bond acceptors (Lipinski definition) is 5. The maximum Gasteiger partial charge on any atom is 0.407 e. The van der Waals surface area contributed by atoms with Gasteiger partial charge in [-0.25, -0.2) is 9.18 Å². The number of amides is 1. The number of aliphatic hydroxyl groups is 2. The van der Waals surface area contributed by atoms with Crippen molar-refractivity contribution in [1.82, 2.24) is 10.3 Å². The lowest BCUT2D eigenvalue weighted by molar-refractivity contribution is 0.0110. The molecule has 0 saturated carbocycles. The first-order valence-electron chi connectivity index (χ1n) is 10.1. The second kappa shape index (κ2) is 9.24. The summed E-state index contributed by atoms with van der Waals surface area (Å²) in [5, 5.41) is 22.8. The Kier molecular flexibility index (Phi) is 6.25. The third-order valence-corrected chi connectivity index (χ3v) is 5.46. The minimum absolute atomic E-state index is 0.0358. The topological polar surface area (TPSA) is 91.7 Å². The standard InChI is InChI=1S/C24H23FN2O4/c25-15-9-11-26-21(13-15)23(29)22(28)10-12-27-24(30)31-14-20-18-7-3-1-5-16(18)17-6-2-4-8-19(17)20/h1-9,11,13,20,22-23,28-29H,10,12,14H2,(H,27,30). The van der Waals surface area contributed by atoms with Crippen LogP contribution in [0.25, 0.3) is 11.1 Å². The van der Waals surface area contributed by atoms with Crippen LogP contribution in [-0.4, -0.2) is 40.5 Å². The lowest BCUT2D eigenvalue weighted by Crippen LogP contribution is -2.30. The minimum Gasteiger partial charge on any atom is -0.449 e.